The first-order valence-electron chi connectivity index (χ1n) is 13.0. The van der Waals surface area contributed by atoms with Crippen molar-refractivity contribution in [2.75, 3.05) is 24.5 Å². The minimum absolute atomic E-state index is 0.617. The molecule has 0 saturated heterocycles. The monoisotopic (exact) mass is 642 g/mol. The second-order valence-corrected chi connectivity index (χ2v) is 10.3. The van der Waals surface area contributed by atoms with Gasteiger partial charge in [0.15, 0.2) is 0 Å². The lowest BCUT2D eigenvalue weighted by molar-refractivity contribution is -0.193. The molecule has 1 aliphatic rings. The number of alkyl halides is 6. The van der Waals surface area contributed by atoms with Gasteiger partial charge in [0.2, 0.25) is 0 Å². The van der Waals surface area contributed by atoms with Crippen molar-refractivity contribution in [1.29, 1.82) is 0 Å². The van der Waals surface area contributed by atoms with Gasteiger partial charge in [0, 0.05) is 46.0 Å². The summed E-state index contributed by atoms with van der Waals surface area (Å²) in [5.41, 5.74) is 18.0. The van der Waals surface area contributed by atoms with E-state index in [4.69, 9.17) is 31.3 Å². The van der Waals surface area contributed by atoms with Crippen molar-refractivity contribution < 1.29 is 46.1 Å². The van der Waals surface area contributed by atoms with Gasteiger partial charge < -0.3 is 31.1 Å². The quantitative estimate of drug-likeness (QED) is 0.176. The number of aromatic nitrogens is 1. The van der Waals surface area contributed by atoms with Gasteiger partial charge in [-0.1, -0.05) is 48.2 Å². The molecule has 1 aromatic heterocycles. The summed E-state index contributed by atoms with van der Waals surface area (Å²) in [5.74, 6) is -5.51. The highest BCUT2D eigenvalue weighted by atomic mass is 32.2. The molecular formula is C29H28F6N4O4S. The summed E-state index contributed by atoms with van der Waals surface area (Å²) in [5, 5.41) is 15.5. The molecule has 0 unspecified atom stereocenters. The highest BCUT2D eigenvalue weighted by Crippen LogP contribution is 2.49. The first-order chi connectivity index (χ1) is 20.7. The van der Waals surface area contributed by atoms with Gasteiger partial charge in [0.05, 0.1) is 11.4 Å². The molecule has 8 nitrogen and oxygen atoms in total. The van der Waals surface area contributed by atoms with Crippen LogP contribution in [0.25, 0.3) is 22.2 Å². The number of anilines is 2. The molecule has 236 valence electrons. The molecule has 0 spiro atoms. The zero-order valence-corrected chi connectivity index (χ0v) is 23.7. The van der Waals surface area contributed by atoms with Crippen LogP contribution in [0, 0.1) is 0 Å². The SMILES string of the molecule is NCCCN1c2ccccc2Sc2cc(-c3cc4ccccc4n3CCN)ccc21.O=C(O)C(F)(F)F.O=C(O)C(F)(F)F. The van der Waals surface area contributed by atoms with Crippen molar-refractivity contribution in [1.82, 2.24) is 4.57 Å². The minimum Gasteiger partial charge on any atom is -0.475 e. The van der Waals surface area contributed by atoms with Crippen molar-refractivity contribution in [2.24, 2.45) is 11.5 Å². The Labute approximate surface area is 251 Å². The third kappa shape index (κ3) is 8.45. The van der Waals surface area contributed by atoms with E-state index in [-0.39, 0.29) is 0 Å². The molecule has 0 bridgehead atoms. The van der Waals surface area contributed by atoms with E-state index in [0.29, 0.717) is 13.1 Å². The van der Waals surface area contributed by atoms with Crippen LogP contribution in [0.2, 0.25) is 0 Å². The molecule has 0 fully saturated rings. The largest absolute Gasteiger partial charge is 0.490 e. The summed E-state index contributed by atoms with van der Waals surface area (Å²) in [6, 6.07) is 26.3. The standard InChI is InChI=1S/C25H26N4S.2C2HF3O2/c26-12-5-14-28-21-8-3-4-9-24(21)30-25-17-19(10-11-22(25)28)23-16-18-6-1-2-7-20(18)29(23)15-13-27;2*3-2(4,5)1(6)7/h1-4,6-11,16-17H,5,12-15,26-27H2;2*(H,6,7). The number of para-hydroxylation sites is 2. The van der Waals surface area contributed by atoms with Crippen molar-refractivity contribution in [3.05, 3.63) is 72.8 Å². The molecule has 3 aromatic carbocycles. The third-order valence-electron chi connectivity index (χ3n) is 6.16. The Hall–Kier alpha value is -4.21. The number of halogens is 6. The number of fused-ring (bicyclic) bond motifs is 3. The van der Waals surface area contributed by atoms with Gasteiger partial charge in [-0.3, -0.25) is 0 Å². The number of carboxylic acid groups (broad SMARTS) is 2. The summed E-state index contributed by atoms with van der Waals surface area (Å²) in [6.45, 7) is 3.04. The van der Waals surface area contributed by atoms with Crippen LogP contribution in [0.15, 0.2) is 82.6 Å². The predicted octanol–water partition coefficient (Wildman–Crippen LogP) is 6.49. The molecule has 6 N–H and O–H groups in total. The van der Waals surface area contributed by atoms with Crippen LogP contribution < -0.4 is 16.4 Å². The Morgan fingerprint density at radius 3 is 1.89 bits per heavy atom. The van der Waals surface area contributed by atoms with Crippen molar-refractivity contribution in [2.45, 2.75) is 35.1 Å². The van der Waals surface area contributed by atoms with E-state index in [0.717, 1.165) is 19.5 Å². The summed E-state index contributed by atoms with van der Waals surface area (Å²) in [6.07, 6.45) is -9.20. The third-order valence-corrected chi connectivity index (χ3v) is 7.27. The zero-order valence-electron chi connectivity index (χ0n) is 22.9. The zero-order chi connectivity index (χ0) is 32.7. The number of carbonyl (C=O) groups is 2. The van der Waals surface area contributed by atoms with Gasteiger partial charge in [-0.15, -0.1) is 0 Å². The Morgan fingerprint density at radius 2 is 1.30 bits per heavy atom. The molecule has 0 radical (unpaired) electrons. The molecule has 1 aliphatic heterocycles. The Bertz CT molecular complexity index is 1580. The van der Waals surface area contributed by atoms with Crippen molar-refractivity contribution in [3.63, 3.8) is 0 Å². The first-order valence-corrected chi connectivity index (χ1v) is 13.8. The molecule has 4 aromatic rings. The van der Waals surface area contributed by atoms with Crippen LogP contribution in [-0.4, -0.2) is 58.7 Å². The highest BCUT2D eigenvalue weighted by Gasteiger charge is 2.38. The Balaban J connectivity index is 0.000000317. The first kappa shape index (κ1) is 34.3. The number of rotatable bonds is 6. The fraction of sp³-hybridized carbons (Fsp3) is 0.241. The van der Waals surface area contributed by atoms with E-state index < -0.39 is 24.3 Å². The van der Waals surface area contributed by atoms with Gasteiger partial charge in [-0.2, -0.15) is 26.3 Å². The van der Waals surface area contributed by atoms with Crippen LogP contribution >= 0.6 is 11.8 Å². The number of benzene rings is 3. The lowest BCUT2D eigenvalue weighted by Gasteiger charge is -2.33. The Kier molecular flexibility index (Phi) is 11.3. The summed E-state index contributed by atoms with van der Waals surface area (Å²) in [7, 11) is 0. The second-order valence-electron chi connectivity index (χ2n) is 9.18. The van der Waals surface area contributed by atoms with Gasteiger partial charge in [0.1, 0.15) is 0 Å². The maximum absolute atomic E-state index is 10.6. The number of aliphatic carboxylic acids is 2. The highest BCUT2D eigenvalue weighted by molar-refractivity contribution is 7.99. The lowest BCUT2D eigenvalue weighted by Crippen LogP contribution is -2.23. The normalized spacial score (nSPS) is 12.3. The minimum atomic E-state index is -5.08. The second kappa shape index (κ2) is 14.5. The van der Waals surface area contributed by atoms with Gasteiger partial charge >= 0.3 is 24.3 Å². The number of hydrogen-bond acceptors (Lipinski definition) is 6. The molecule has 0 saturated carbocycles. The van der Waals surface area contributed by atoms with Crippen LogP contribution in [-0.2, 0) is 16.1 Å². The van der Waals surface area contributed by atoms with E-state index >= 15 is 0 Å². The van der Waals surface area contributed by atoms with Crippen molar-refractivity contribution >= 4 is 46.0 Å². The fourth-order valence-corrected chi connectivity index (χ4v) is 5.44. The summed E-state index contributed by atoms with van der Waals surface area (Å²) < 4.78 is 65.8. The van der Waals surface area contributed by atoms with E-state index in [1.165, 1.54) is 43.3 Å². The van der Waals surface area contributed by atoms with E-state index in [9.17, 15) is 26.3 Å². The molecule has 0 aliphatic carbocycles. The van der Waals surface area contributed by atoms with Crippen LogP contribution in [0.4, 0.5) is 37.7 Å². The van der Waals surface area contributed by atoms with E-state index in [1.54, 1.807) is 0 Å². The molecular weight excluding hydrogens is 614 g/mol. The van der Waals surface area contributed by atoms with E-state index in [2.05, 4.69) is 82.3 Å². The number of nitrogens with two attached hydrogens (primary N) is 2. The number of hydrogen-bond donors (Lipinski definition) is 4. The molecule has 0 atom stereocenters. The maximum atomic E-state index is 10.6. The Morgan fingerprint density at radius 1 is 0.727 bits per heavy atom. The maximum Gasteiger partial charge on any atom is 0.490 e. The predicted molar refractivity (Wildman–Crippen MR) is 155 cm³/mol. The average molecular weight is 643 g/mol. The van der Waals surface area contributed by atoms with Gasteiger partial charge in [-0.05, 0) is 54.9 Å². The van der Waals surface area contributed by atoms with Gasteiger partial charge in [-0.25, -0.2) is 9.59 Å². The van der Waals surface area contributed by atoms with E-state index in [1.807, 2.05) is 11.8 Å². The number of carboxylic acids is 2. The average Bonchev–Trinajstić information content (AvgIpc) is 3.33. The smallest absolute Gasteiger partial charge is 0.475 e. The molecule has 44 heavy (non-hydrogen) atoms. The molecule has 5 rings (SSSR count). The topological polar surface area (TPSA) is 135 Å². The summed E-state index contributed by atoms with van der Waals surface area (Å²) in [4.78, 5) is 22.8. The fourth-order valence-electron chi connectivity index (χ4n) is 4.30. The molecule has 2 heterocycles. The van der Waals surface area contributed by atoms with Crippen molar-refractivity contribution in [3.8, 4) is 11.3 Å². The molecule has 15 heteroatoms. The van der Waals surface area contributed by atoms with Crippen LogP contribution in [0.5, 0.6) is 0 Å². The molecule has 0 amide bonds. The van der Waals surface area contributed by atoms with Gasteiger partial charge in [0.25, 0.3) is 0 Å². The number of nitrogens with zero attached hydrogens (tertiary/aromatic N) is 2. The lowest BCUT2D eigenvalue weighted by atomic mass is 10.1. The van der Waals surface area contributed by atoms with Crippen LogP contribution in [0.3, 0.4) is 0 Å². The van der Waals surface area contributed by atoms with Crippen LogP contribution in [0.1, 0.15) is 6.42 Å². The summed E-state index contributed by atoms with van der Waals surface area (Å²) >= 11 is 1.85.